The van der Waals surface area contributed by atoms with E-state index in [1.165, 1.54) is 25.7 Å². The standard InChI is InChI=1S/C10H11N3O5Si/c1-9(2)10(14)15-4-3-5-19(16-6-11,17-7-12)18-8-13/h1,3-5H2,2H3. The molecule has 0 aromatic carbocycles. The highest BCUT2D eigenvalue weighted by atomic mass is 28.4. The van der Waals surface area contributed by atoms with E-state index < -0.39 is 14.8 Å². The number of nitrogens with zero attached hydrogens (tertiary/aromatic N) is 3. The molecule has 0 aromatic rings. The highest BCUT2D eigenvalue weighted by Crippen LogP contribution is 2.17. The molecule has 8 nitrogen and oxygen atoms in total. The first-order valence-electron chi connectivity index (χ1n) is 5.05. The van der Waals surface area contributed by atoms with E-state index in [4.69, 9.17) is 20.5 Å². The van der Waals surface area contributed by atoms with E-state index in [-0.39, 0.29) is 24.6 Å². The lowest BCUT2D eigenvalue weighted by atomic mass is 10.4. The van der Waals surface area contributed by atoms with E-state index in [0.29, 0.717) is 0 Å². The maximum Gasteiger partial charge on any atom is 0.729 e. The summed E-state index contributed by atoms with van der Waals surface area (Å²) in [5, 5.41) is 25.4. The van der Waals surface area contributed by atoms with E-state index in [0.717, 1.165) is 0 Å². The van der Waals surface area contributed by atoms with Gasteiger partial charge in [0, 0.05) is 5.57 Å². The van der Waals surface area contributed by atoms with Crippen LogP contribution in [0.5, 0.6) is 0 Å². The Morgan fingerprint density at radius 3 is 2.00 bits per heavy atom. The second-order valence-electron chi connectivity index (χ2n) is 3.28. The van der Waals surface area contributed by atoms with Crippen LogP contribution in [-0.4, -0.2) is 21.4 Å². The van der Waals surface area contributed by atoms with Gasteiger partial charge in [0.1, 0.15) is 0 Å². The summed E-state index contributed by atoms with van der Waals surface area (Å²) in [7, 11) is -3.69. The van der Waals surface area contributed by atoms with Crippen LogP contribution in [0, 0.1) is 34.6 Å². The lowest BCUT2D eigenvalue weighted by Gasteiger charge is -2.18. The number of carbonyl (C=O) groups excluding carboxylic acids is 1. The normalized spacial score (nSPS) is 9.16. The number of esters is 1. The van der Waals surface area contributed by atoms with Gasteiger partial charge in [0.25, 0.3) is 18.8 Å². The minimum atomic E-state index is -3.69. The van der Waals surface area contributed by atoms with Gasteiger partial charge >= 0.3 is 14.8 Å². The molecule has 0 heterocycles. The summed E-state index contributed by atoms with van der Waals surface area (Å²) in [5.74, 6) is -0.559. The van der Waals surface area contributed by atoms with Crippen molar-refractivity contribution in [3.63, 3.8) is 0 Å². The molecule has 0 aliphatic rings. The third-order valence-corrected chi connectivity index (χ3v) is 3.99. The molecule has 0 aliphatic carbocycles. The fourth-order valence-corrected chi connectivity index (χ4v) is 2.43. The molecular weight excluding hydrogens is 270 g/mol. The topological polar surface area (TPSA) is 125 Å². The molecule has 9 heteroatoms. The van der Waals surface area contributed by atoms with Gasteiger partial charge in [-0.05, 0) is 13.3 Å². The molecule has 100 valence electrons. The van der Waals surface area contributed by atoms with Crippen molar-refractivity contribution in [3.8, 4) is 18.8 Å². The third kappa shape index (κ3) is 5.96. The molecule has 0 rings (SSSR count). The molecule has 0 N–H and O–H groups in total. The van der Waals surface area contributed by atoms with Crippen molar-refractivity contribution in [2.45, 2.75) is 19.4 Å². The minimum Gasteiger partial charge on any atom is -0.462 e. The first-order valence-corrected chi connectivity index (χ1v) is 6.98. The number of hydrogen-bond acceptors (Lipinski definition) is 8. The first kappa shape index (κ1) is 16.3. The Labute approximate surface area is 111 Å². The predicted molar refractivity (Wildman–Crippen MR) is 61.0 cm³/mol. The summed E-state index contributed by atoms with van der Waals surface area (Å²) in [6.07, 6.45) is 4.21. The molecule has 0 fully saturated rings. The SMILES string of the molecule is C=C(C)C(=O)OCCC[Si](OC#N)(OC#N)OC#N. The molecule has 0 saturated heterocycles. The molecule has 0 aliphatic heterocycles. The molecule has 0 spiro atoms. The van der Waals surface area contributed by atoms with Gasteiger partial charge in [-0.1, -0.05) is 6.58 Å². The van der Waals surface area contributed by atoms with E-state index >= 15 is 0 Å². The van der Waals surface area contributed by atoms with Gasteiger partial charge in [-0.25, -0.2) is 4.79 Å². The molecule has 0 bridgehead atoms. The molecule has 0 amide bonds. The van der Waals surface area contributed by atoms with Gasteiger partial charge < -0.3 is 18.0 Å². The monoisotopic (exact) mass is 281 g/mol. The Kier molecular flexibility index (Phi) is 7.20. The van der Waals surface area contributed by atoms with E-state index in [1.54, 1.807) is 0 Å². The largest absolute Gasteiger partial charge is 0.729 e. The lowest BCUT2D eigenvalue weighted by Crippen LogP contribution is -2.42. The highest BCUT2D eigenvalue weighted by molar-refractivity contribution is 6.61. The van der Waals surface area contributed by atoms with Crippen LogP contribution in [0.3, 0.4) is 0 Å². The number of nitriles is 3. The Morgan fingerprint density at radius 2 is 1.63 bits per heavy atom. The summed E-state index contributed by atoms with van der Waals surface area (Å²) < 4.78 is 18.5. The van der Waals surface area contributed by atoms with Crippen molar-refractivity contribution in [2.24, 2.45) is 0 Å². The maximum atomic E-state index is 11.1. The lowest BCUT2D eigenvalue weighted by molar-refractivity contribution is -0.139. The quantitative estimate of drug-likeness (QED) is 0.211. The Bertz CT molecular complexity index is 418. The number of carbonyl (C=O) groups is 1. The second kappa shape index (κ2) is 8.40. The molecule has 0 radical (unpaired) electrons. The average Bonchev–Trinajstić information content (AvgIpc) is 2.35. The first-order chi connectivity index (χ1) is 9.01. The zero-order valence-electron chi connectivity index (χ0n) is 10.2. The third-order valence-electron chi connectivity index (χ3n) is 1.81. The van der Waals surface area contributed by atoms with Gasteiger partial charge in [0.05, 0.1) is 12.7 Å². The van der Waals surface area contributed by atoms with Crippen molar-refractivity contribution in [2.75, 3.05) is 6.61 Å². The summed E-state index contributed by atoms with van der Waals surface area (Å²) in [4.78, 5) is 11.1. The summed E-state index contributed by atoms with van der Waals surface area (Å²) in [5.41, 5.74) is 0.248. The van der Waals surface area contributed by atoms with Crippen molar-refractivity contribution >= 4 is 14.8 Å². The van der Waals surface area contributed by atoms with Crippen LogP contribution in [0.25, 0.3) is 0 Å². The fraction of sp³-hybridized carbons (Fsp3) is 0.400. The summed E-state index contributed by atoms with van der Waals surface area (Å²) >= 11 is 0. The van der Waals surface area contributed by atoms with Crippen LogP contribution in [0.1, 0.15) is 13.3 Å². The minimum absolute atomic E-state index is 0.00118. The number of ether oxygens (including phenoxy) is 1. The Hall–Kier alpha value is -2.70. The van der Waals surface area contributed by atoms with Gasteiger partial charge in [0.2, 0.25) is 0 Å². The van der Waals surface area contributed by atoms with Gasteiger partial charge in [-0.2, -0.15) is 15.8 Å². The van der Waals surface area contributed by atoms with Crippen LogP contribution < -0.4 is 0 Å². The van der Waals surface area contributed by atoms with Crippen LogP contribution in [-0.2, 0) is 22.8 Å². The summed E-state index contributed by atoms with van der Waals surface area (Å²) in [6, 6.07) is -0.0227. The molecule has 0 aromatic heterocycles. The second-order valence-corrected chi connectivity index (χ2v) is 5.76. The maximum absolute atomic E-state index is 11.1. The van der Waals surface area contributed by atoms with Crippen molar-refractivity contribution in [1.82, 2.24) is 0 Å². The molecule has 0 saturated carbocycles. The van der Waals surface area contributed by atoms with Crippen molar-refractivity contribution in [3.05, 3.63) is 12.2 Å². The van der Waals surface area contributed by atoms with Gasteiger partial charge in [-0.15, -0.1) is 0 Å². The molecule has 0 unspecified atom stereocenters. The van der Waals surface area contributed by atoms with Crippen LogP contribution in [0.2, 0.25) is 6.04 Å². The predicted octanol–water partition coefficient (Wildman–Crippen LogP) is 0.928. The van der Waals surface area contributed by atoms with Crippen LogP contribution in [0.4, 0.5) is 0 Å². The van der Waals surface area contributed by atoms with E-state index in [1.807, 2.05) is 0 Å². The van der Waals surface area contributed by atoms with Crippen molar-refractivity contribution < 1.29 is 22.8 Å². The zero-order chi connectivity index (χ0) is 14.7. The average molecular weight is 281 g/mol. The Balaban J connectivity index is 4.39. The van der Waals surface area contributed by atoms with Crippen molar-refractivity contribution in [1.29, 1.82) is 15.8 Å². The highest BCUT2D eigenvalue weighted by Gasteiger charge is 2.49. The van der Waals surface area contributed by atoms with Crippen LogP contribution >= 0.6 is 0 Å². The van der Waals surface area contributed by atoms with Crippen LogP contribution in [0.15, 0.2) is 12.2 Å². The Morgan fingerprint density at radius 1 is 1.16 bits per heavy atom. The molecule has 19 heavy (non-hydrogen) atoms. The molecular formula is C10H11N3O5Si. The van der Waals surface area contributed by atoms with Gasteiger partial charge in [0.15, 0.2) is 0 Å². The molecule has 0 atom stereocenters. The zero-order valence-corrected chi connectivity index (χ0v) is 11.2. The van der Waals surface area contributed by atoms with E-state index in [9.17, 15) is 4.79 Å². The number of hydrogen-bond donors (Lipinski definition) is 0. The van der Waals surface area contributed by atoms with E-state index in [2.05, 4.69) is 19.9 Å². The van der Waals surface area contributed by atoms with Gasteiger partial charge in [-0.3, -0.25) is 0 Å². The fourth-order valence-electron chi connectivity index (χ4n) is 1.00. The smallest absolute Gasteiger partial charge is 0.462 e. The number of rotatable bonds is 8. The summed E-state index contributed by atoms with van der Waals surface area (Å²) in [6.45, 7) is 4.90.